The lowest BCUT2D eigenvalue weighted by atomic mass is 9.82. The maximum Gasteiger partial charge on any atom is 0.338 e. The average Bonchev–Trinajstić information content (AvgIpc) is 2.56. The molecule has 9 heteroatoms. The van der Waals surface area contributed by atoms with E-state index in [1.165, 1.54) is 38.4 Å². The highest BCUT2D eigenvalue weighted by Crippen LogP contribution is 2.26. The molecule has 28 heavy (non-hydrogen) atoms. The van der Waals surface area contributed by atoms with E-state index in [0.29, 0.717) is 4.47 Å². The molecule has 0 heterocycles. The number of nitrogens with one attached hydrogen (secondary N) is 1. The topological polar surface area (TPSA) is 102 Å². The molecule has 0 aliphatic heterocycles. The fourth-order valence-electron chi connectivity index (χ4n) is 3.01. The zero-order valence-corrected chi connectivity index (χ0v) is 18.3. The minimum Gasteiger partial charge on any atom is -0.452 e. The maximum absolute atomic E-state index is 12.1. The molecule has 0 aromatic heterocycles. The van der Waals surface area contributed by atoms with Gasteiger partial charge in [0.15, 0.2) is 6.61 Å². The van der Waals surface area contributed by atoms with E-state index in [4.69, 9.17) is 9.57 Å². The predicted molar refractivity (Wildman–Crippen MR) is 105 cm³/mol. The molecule has 1 aromatic carbocycles. The molecule has 0 bridgehead atoms. The summed E-state index contributed by atoms with van der Waals surface area (Å²) in [5, 5.41) is 2.85. The second-order valence-electron chi connectivity index (χ2n) is 8.37. The highest BCUT2D eigenvalue weighted by Gasteiger charge is 2.27. The van der Waals surface area contributed by atoms with Gasteiger partial charge in [0.25, 0.3) is 15.9 Å². The van der Waals surface area contributed by atoms with Crippen LogP contribution in [0.4, 0.5) is 0 Å². The molecule has 0 fully saturated rings. The van der Waals surface area contributed by atoms with Crippen molar-refractivity contribution in [2.75, 3.05) is 20.8 Å². The highest BCUT2D eigenvalue weighted by atomic mass is 32.2. The van der Waals surface area contributed by atoms with Crippen molar-refractivity contribution in [1.82, 2.24) is 9.79 Å². The summed E-state index contributed by atoms with van der Waals surface area (Å²) in [6.45, 7) is 9.64. The third kappa shape index (κ3) is 7.21. The molecule has 1 N–H and O–H groups in total. The summed E-state index contributed by atoms with van der Waals surface area (Å²) in [7, 11) is -1.30. The first-order valence-corrected chi connectivity index (χ1v) is 10.2. The van der Waals surface area contributed by atoms with Gasteiger partial charge in [-0.05, 0) is 49.9 Å². The summed E-state index contributed by atoms with van der Waals surface area (Å²) in [4.78, 5) is 28.9. The van der Waals surface area contributed by atoms with Crippen LogP contribution in [-0.4, -0.2) is 51.1 Å². The Labute approximate surface area is 167 Å². The summed E-state index contributed by atoms with van der Waals surface area (Å²) in [5.41, 5.74) is -0.266. The van der Waals surface area contributed by atoms with E-state index in [1.54, 1.807) is 0 Å². The van der Waals surface area contributed by atoms with Crippen molar-refractivity contribution >= 4 is 21.9 Å². The van der Waals surface area contributed by atoms with Gasteiger partial charge in [-0.15, -0.1) is 0 Å². The fraction of sp³-hybridized carbons (Fsp3) is 0.579. The number of benzene rings is 1. The van der Waals surface area contributed by atoms with Crippen LogP contribution >= 0.6 is 0 Å². The summed E-state index contributed by atoms with van der Waals surface area (Å²) in [6.07, 6.45) is 0.755. The van der Waals surface area contributed by atoms with Crippen LogP contribution in [0.1, 0.15) is 51.4 Å². The molecule has 0 saturated carbocycles. The molecule has 1 amide bonds. The Morgan fingerprint density at radius 2 is 1.61 bits per heavy atom. The molecule has 1 aromatic rings. The van der Waals surface area contributed by atoms with Crippen LogP contribution in [0.3, 0.4) is 0 Å². The predicted octanol–water partition coefficient (Wildman–Crippen LogP) is 2.36. The number of ether oxygens (including phenoxy) is 1. The van der Waals surface area contributed by atoms with Crippen LogP contribution < -0.4 is 5.32 Å². The molecule has 158 valence electrons. The maximum atomic E-state index is 12.1. The standard InChI is InChI=1S/C19H30N2O6S/c1-18(2,3)13-19(4,5)20-16(22)12-27-17(23)14-8-10-15(11-9-14)28(24,25)21(6)26-7/h8-11H,12-13H2,1-7H3,(H,20,22). The Balaban J connectivity index is 2.68. The van der Waals surface area contributed by atoms with Crippen molar-refractivity contribution < 1.29 is 27.6 Å². The number of carbonyl (C=O) groups is 2. The fourth-order valence-corrected chi connectivity index (χ4v) is 3.98. The van der Waals surface area contributed by atoms with Gasteiger partial charge in [-0.2, -0.15) is 0 Å². The molecule has 0 spiro atoms. The second-order valence-corrected chi connectivity index (χ2v) is 10.3. The molecular formula is C19H30N2O6S. The first-order valence-electron chi connectivity index (χ1n) is 8.79. The van der Waals surface area contributed by atoms with Gasteiger partial charge in [-0.25, -0.2) is 13.2 Å². The molecule has 1 rings (SSSR count). The smallest absolute Gasteiger partial charge is 0.338 e. The molecule has 0 aliphatic carbocycles. The normalized spacial score (nSPS) is 12.7. The molecule has 0 saturated heterocycles. The first-order chi connectivity index (χ1) is 12.7. The van der Waals surface area contributed by atoms with Gasteiger partial charge in [0, 0.05) is 12.6 Å². The zero-order valence-electron chi connectivity index (χ0n) is 17.5. The van der Waals surface area contributed by atoms with Crippen LogP contribution in [0, 0.1) is 5.41 Å². The quantitative estimate of drug-likeness (QED) is 0.517. The average molecular weight is 415 g/mol. The van der Waals surface area contributed by atoms with Crippen molar-refractivity contribution in [1.29, 1.82) is 0 Å². The van der Waals surface area contributed by atoms with E-state index >= 15 is 0 Å². The Kier molecular flexibility index (Phi) is 7.75. The lowest BCUT2D eigenvalue weighted by Crippen LogP contribution is -2.47. The Bertz CT molecular complexity index is 795. The van der Waals surface area contributed by atoms with Gasteiger partial charge in [-0.1, -0.05) is 25.2 Å². The van der Waals surface area contributed by atoms with Crippen LogP contribution in [-0.2, 0) is 24.4 Å². The van der Waals surface area contributed by atoms with Crippen LogP contribution in [0.5, 0.6) is 0 Å². The summed E-state index contributed by atoms with van der Waals surface area (Å²) in [6, 6.07) is 5.18. The molecular weight excluding hydrogens is 384 g/mol. The Morgan fingerprint density at radius 1 is 1.07 bits per heavy atom. The lowest BCUT2D eigenvalue weighted by Gasteiger charge is -2.33. The zero-order chi connectivity index (χ0) is 21.8. The van der Waals surface area contributed by atoms with Crippen molar-refractivity contribution in [2.24, 2.45) is 5.41 Å². The number of nitrogens with zero attached hydrogens (tertiary/aromatic N) is 1. The van der Waals surface area contributed by atoms with Gasteiger partial charge in [0.05, 0.1) is 17.6 Å². The van der Waals surface area contributed by atoms with Crippen LogP contribution in [0.15, 0.2) is 29.2 Å². The summed E-state index contributed by atoms with van der Waals surface area (Å²) >= 11 is 0. The van der Waals surface area contributed by atoms with Crippen LogP contribution in [0.2, 0.25) is 0 Å². The number of rotatable bonds is 8. The third-order valence-electron chi connectivity index (χ3n) is 3.77. The summed E-state index contributed by atoms with van der Waals surface area (Å²) < 4.78 is 30.0. The van der Waals surface area contributed by atoms with E-state index in [1.807, 2.05) is 13.8 Å². The SMILES string of the molecule is CON(C)S(=O)(=O)c1ccc(C(=O)OCC(=O)NC(C)(C)CC(C)(C)C)cc1. The largest absolute Gasteiger partial charge is 0.452 e. The van der Waals surface area contributed by atoms with Crippen molar-refractivity contribution in [3.8, 4) is 0 Å². The number of hydrogen-bond donors (Lipinski definition) is 1. The van der Waals surface area contributed by atoms with Crippen molar-refractivity contribution in [2.45, 2.75) is 51.5 Å². The monoisotopic (exact) mass is 414 g/mol. The molecule has 0 radical (unpaired) electrons. The van der Waals surface area contributed by atoms with Gasteiger partial charge in [0.2, 0.25) is 0 Å². The van der Waals surface area contributed by atoms with Gasteiger partial charge < -0.3 is 10.1 Å². The van der Waals surface area contributed by atoms with E-state index in [0.717, 1.165) is 6.42 Å². The molecule has 0 aliphatic rings. The van der Waals surface area contributed by atoms with Crippen LogP contribution in [0.25, 0.3) is 0 Å². The first kappa shape index (κ1) is 24.1. The number of hydroxylamine groups is 1. The van der Waals surface area contributed by atoms with Gasteiger partial charge in [0.1, 0.15) is 0 Å². The van der Waals surface area contributed by atoms with E-state index < -0.39 is 34.0 Å². The lowest BCUT2D eigenvalue weighted by molar-refractivity contribution is -0.126. The third-order valence-corrected chi connectivity index (χ3v) is 5.46. The van der Waals surface area contributed by atoms with Gasteiger partial charge in [-0.3, -0.25) is 9.63 Å². The van der Waals surface area contributed by atoms with Gasteiger partial charge >= 0.3 is 5.97 Å². The van der Waals surface area contributed by atoms with E-state index in [-0.39, 0.29) is 15.9 Å². The van der Waals surface area contributed by atoms with Crippen molar-refractivity contribution in [3.05, 3.63) is 29.8 Å². The Hall–Kier alpha value is -1.97. The second kappa shape index (κ2) is 9.02. The van der Waals surface area contributed by atoms with E-state index in [9.17, 15) is 18.0 Å². The van der Waals surface area contributed by atoms with E-state index in [2.05, 4.69) is 26.1 Å². The highest BCUT2D eigenvalue weighted by molar-refractivity contribution is 7.89. The Morgan fingerprint density at radius 3 is 2.07 bits per heavy atom. The minimum atomic E-state index is -3.80. The number of amides is 1. The number of hydrogen-bond acceptors (Lipinski definition) is 6. The molecule has 0 atom stereocenters. The summed E-state index contributed by atoms with van der Waals surface area (Å²) in [5.74, 6) is -1.11. The molecule has 8 nitrogen and oxygen atoms in total. The molecule has 0 unspecified atom stereocenters. The number of esters is 1. The number of carbonyl (C=O) groups excluding carboxylic acids is 2. The minimum absolute atomic E-state index is 0.0323. The van der Waals surface area contributed by atoms with Crippen molar-refractivity contribution in [3.63, 3.8) is 0 Å². The number of sulfonamides is 1.